The van der Waals surface area contributed by atoms with Gasteiger partial charge >= 0.3 is 15.6 Å². The molecule has 1 aliphatic heterocycles. The van der Waals surface area contributed by atoms with Crippen molar-refractivity contribution in [1.82, 2.24) is 19.5 Å². The lowest BCUT2D eigenvalue weighted by atomic mass is 9.79. The molecule has 0 radical (unpaired) electrons. The van der Waals surface area contributed by atoms with Gasteiger partial charge in [0.1, 0.15) is 28.9 Å². The van der Waals surface area contributed by atoms with Crippen molar-refractivity contribution in [2.45, 2.75) is 48.2 Å². The lowest BCUT2D eigenvalue weighted by molar-refractivity contribution is -0.131. The van der Waals surface area contributed by atoms with Crippen LogP contribution in [0.25, 0.3) is 11.2 Å². The van der Waals surface area contributed by atoms with E-state index >= 15 is 0 Å². The van der Waals surface area contributed by atoms with Crippen LogP contribution in [0.15, 0.2) is 195 Å². The van der Waals surface area contributed by atoms with Gasteiger partial charge in [-0.3, -0.25) is 18.9 Å². The number of anilines is 1. The molecule has 0 bridgehead atoms. The summed E-state index contributed by atoms with van der Waals surface area (Å²) in [4.78, 5) is 25.1. The minimum Gasteiger partial charge on any atom is -0.358 e. The van der Waals surface area contributed by atoms with Gasteiger partial charge in [-0.2, -0.15) is 26.6 Å². The van der Waals surface area contributed by atoms with Gasteiger partial charge in [-0.05, 0) is 33.4 Å². The first kappa shape index (κ1) is 45.1. The lowest BCUT2D eigenvalue weighted by Crippen LogP contribution is -2.48. The predicted molar refractivity (Wildman–Crippen MR) is 243 cm³/mol. The van der Waals surface area contributed by atoms with Crippen LogP contribution in [0.2, 0.25) is 0 Å². The number of fused-ring (bicyclic) bond motifs is 1. The lowest BCUT2D eigenvalue weighted by Gasteiger charge is -2.41. The average molecular weight is 926 g/mol. The summed E-state index contributed by atoms with van der Waals surface area (Å²) in [6.45, 7) is 0.834. The Balaban J connectivity index is 1.29. The van der Waals surface area contributed by atoms with Crippen LogP contribution in [0.1, 0.15) is 46.5 Å². The van der Waals surface area contributed by atoms with E-state index in [9.17, 15) is 26.4 Å². The normalized spacial score (nSPS) is 17.9. The Hall–Kier alpha value is -7.08. The van der Waals surface area contributed by atoms with Gasteiger partial charge in [0.15, 0.2) is 18.0 Å². The highest BCUT2D eigenvalue weighted by molar-refractivity contribution is 7.87. The second kappa shape index (κ2) is 18.7. The Bertz CT molecular complexity index is 2850. The number of amides is 1. The number of nitrogens with one attached hydrogen (secondary N) is 1. The van der Waals surface area contributed by atoms with E-state index in [1.165, 1.54) is 24.0 Å². The topological polar surface area (TPSA) is 144 Å². The monoisotopic (exact) mass is 925 g/mol. The molecule has 0 unspecified atom stereocenters. The fraction of sp³-hybridized carbons (Fsp3) is 0.176. The molecule has 4 atom stereocenters. The molecule has 0 saturated carbocycles. The molecule has 67 heavy (non-hydrogen) atoms. The number of nitrogens with zero attached hydrogens (tertiary/aromatic N) is 4. The molecule has 1 aliphatic rings. The maximum Gasteiger partial charge on any atom is 0.523 e. The van der Waals surface area contributed by atoms with E-state index in [0.717, 1.165) is 0 Å². The Kier molecular flexibility index (Phi) is 12.6. The summed E-state index contributed by atoms with van der Waals surface area (Å²) >= 11 is 0. The number of ether oxygens (including phenoxy) is 3. The standard InChI is InChI=1S/C51H42F3N5O7S/c1-35(60)57-48-55-32-42-46(58-48)59(34-56-42)47-45(66-67(61,62)51(52,53)54)44(65-50(39-26-14-5-15-27-39,40-28-16-6-17-29-40)41-30-18-7-19-31-41)43(64-47)33-63-49(36-20-8-2-9-21-36,37-22-10-3-11-23-37)38-24-12-4-13-25-38/h2-32,34,43-45,47H,33H2,1H3,(H,55,57,58,60)/t43-,44-,45-,47-/m1/s1. The molecule has 1 saturated heterocycles. The minimum absolute atomic E-state index is 0.0188. The third kappa shape index (κ3) is 8.72. The predicted octanol–water partition coefficient (Wildman–Crippen LogP) is 9.30. The van der Waals surface area contributed by atoms with Crippen LogP contribution in [0.4, 0.5) is 19.1 Å². The number of hydrogen-bond acceptors (Lipinski definition) is 10. The van der Waals surface area contributed by atoms with Crippen molar-refractivity contribution in [1.29, 1.82) is 0 Å². The molecule has 9 rings (SSSR count). The molecule has 3 heterocycles. The number of carbonyl (C=O) groups is 1. The number of halogens is 3. The minimum atomic E-state index is -6.38. The highest BCUT2D eigenvalue weighted by Gasteiger charge is 2.58. The van der Waals surface area contributed by atoms with Crippen molar-refractivity contribution >= 4 is 33.1 Å². The van der Waals surface area contributed by atoms with Gasteiger partial charge in [-0.25, -0.2) is 9.97 Å². The van der Waals surface area contributed by atoms with Crippen LogP contribution in [-0.4, -0.2) is 64.3 Å². The Morgan fingerprint density at radius 2 is 1.06 bits per heavy atom. The summed E-state index contributed by atoms with van der Waals surface area (Å²) in [6, 6.07) is 55.4. The quantitative estimate of drug-likeness (QED) is 0.0600. The molecule has 12 nitrogen and oxygen atoms in total. The highest BCUT2D eigenvalue weighted by atomic mass is 32.2. The van der Waals surface area contributed by atoms with Crippen LogP contribution in [0.3, 0.4) is 0 Å². The van der Waals surface area contributed by atoms with Crippen molar-refractivity contribution in [3.8, 4) is 0 Å². The van der Waals surface area contributed by atoms with Gasteiger partial charge in [0, 0.05) is 6.92 Å². The number of benzene rings is 6. The van der Waals surface area contributed by atoms with Crippen molar-refractivity contribution in [2.75, 3.05) is 11.9 Å². The third-order valence-electron chi connectivity index (χ3n) is 11.5. The van der Waals surface area contributed by atoms with Gasteiger partial charge in [0.2, 0.25) is 11.9 Å². The second-order valence-electron chi connectivity index (χ2n) is 15.7. The number of alkyl halides is 3. The van der Waals surface area contributed by atoms with Crippen LogP contribution < -0.4 is 5.32 Å². The van der Waals surface area contributed by atoms with E-state index in [2.05, 4.69) is 20.3 Å². The molecule has 16 heteroatoms. The zero-order chi connectivity index (χ0) is 46.7. The maximum atomic E-state index is 14.7. The molecule has 1 N–H and O–H groups in total. The number of aromatic nitrogens is 4. The van der Waals surface area contributed by atoms with E-state index in [1.54, 1.807) is 36.4 Å². The SMILES string of the molecule is CC(=O)Nc1ncc2ncn([C@@H]3O[C@H](COC(c4ccccc4)(c4ccccc4)c4ccccc4)[C@@H](OC(c4ccccc4)(c4ccccc4)c4ccccc4)[C@H]3OS(=O)(=O)C(F)(F)F)c2n1. The van der Waals surface area contributed by atoms with Gasteiger partial charge in [-0.15, -0.1) is 0 Å². The molecule has 0 aliphatic carbocycles. The fourth-order valence-corrected chi connectivity index (χ4v) is 9.25. The van der Waals surface area contributed by atoms with Crippen LogP contribution in [-0.2, 0) is 44.5 Å². The number of carbonyl (C=O) groups excluding carboxylic acids is 1. The largest absolute Gasteiger partial charge is 0.523 e. The van der Waals surface area contributed by atoms with E-state index in [4.69, 9.17) is 18.4 Å². The van der Waals surface area contributed by atoms with Crippen molar-refractivity contribution in [3.05, 3.63) is 228 Å². The number of hydrogen-bond donors (Lipinski definition) is 1. The molecule has 340 valence electrons. The van der Waals surface area contributed by atoms with Gasteiger partial charge in [-0.1, -0.05) is 182 Å². The molecule has 2 aromatic heterocycles. The van der Waals surface area contributed by atoms with Crippen molar-refractivity contribution < 1.29 is 44.8 Å². The van der Waals surface area contributed by atoms with E-state index in [0.29, 0.717) is 33.4 Å². The molecular formula is C51H42F3N5O7S. The summed E-state index contributed by atoms with van der Waals surface area (Å²) in [6.07, 6.45) is -4.42. The summed E-state index contributed by atoms with van der Waals surface area (Å²) in [7, 11) is -6.38. The zero-order valence-corrected chi connectivity index (χ0v) is 36.5. The molecular weight excluding hydrogens is 884 g/mol. The first-order valence-corrected chi connectivity index (χ1v) is 22.6. The highest BCUT2D eigenvalue weighted by Crippen LogP contribution is 2.48. The summed E-state index contributed by atoms with van der Waals surface area (Å²) in [5, 5.41) is 2.50. The molecule has 6 aromatic carbocycles. The van der Waals surface area contributed by atoms with Crippen molar-refractivity contribution in [2.24, 2.45) is 0 Å². The van der Waals surface area contributed by atoms with Crippen LogP contribution in [0, 0.1) is 0 Å². The number of imidazole rings is 1. The molecule has 1 fully saturated rings. The van der Waals surface area contributed by atoms with Crippen LogP contribution >= 0.6 is 0 Å². The zero-order valence-electron chi connectivity index (χ0n) is 35.7. The van der Waals surface area contributed by atoms with Gasteiger partial charge < -0.3 is 14.2 Å². The first-order valence-electron chi connectivity index (χ1n) is 21.2. The summed E-state index contributed by atoms with van der Waals surface area (Å²) in [5.41, 5.74) is -4.96. The Morgan fingerprint density at radius 1 is 0.642 bits per heavy atom. The van der Waals surface area contributed by atoms with E-state index in [1.807, 2.05) is 146 Å². The smallest absolute Gasteiger partial charge is 0.358 e. The number of rotatable bonds is 15. The Morgan fingerprint density at radius 3 is 1.46 bits per heavy atom. The van der Waals surface area contributed by atoms with E-state index in [-0.39, 0.29) is 17.1 Å². The van der Waals surface area contributed by atoms with Gasteiger partial charge in [0.05, 0.1) is 19.1 Å². The Labute approximate surface area is 384 Å². The van der Waals surface area contributed by atoms with E-state index < -0.39 is 63.9 Å². The van der Waals surface area contributed by atoms with Gasteiger partial charge in [0.25, 0.3) is 0 Å². The molecule has 0 spiro atoms. The second-order valence-corrected chi connectivity index (χ2v) is 17.3. The first-order chi connectivity index (χ1) is 32.4. The maximum absolute atomic E-state index is 14.7. The summed E-state index contributed by atoms with van der Waals surface area (Å²) in [5.74, 6) is -0.647. The van der Waals surface area contributed by atoms with Crippen molar-refractivity contribution in [3.63, 3.8) is 0 Å². The molecule has 8 aromatic rings. The third-order valence-corrected chi connectivity index (χ3v) is 12.6. The summed E-state index contributed by atoms with van der Waals surface area (Å²) < 4.78 is 99.3. The average Bonchev–Trinajstić information content (AvgIpc) is 3.91. The fourth-order valence-electron chi connectivity index (χ4n) is 8.64. The van der Waals surface area contributed by atoms with Crippen LogP contribution in [0.5, 0.6) is 0 Å². The molecule has 1 amide bonds.